The van der Waals surface area contributed by atoms with Gasteiger partial charge in [-0.15, -0.1) is 11.3 Å². The highest BCUT2D eigenvalue weighted by atomic mass is 32.1. The van der Waals surface area contributed by atoms with Gasteiger partial charge in [-0.3, -0.25) is 4.79 Å². The molecule has 3 aromatic rings. The fourth-order valence-electron chi connectivity index (χ4n) is 2.41. The van der Waals surface area contributed by atoms with E-state index >= 15 is 0 Å². The molecule has 22 heavy (non-hydrogen) atoms. The number of fused-ring (bicyclic) bond motifs is 1. The Morgan fingerprint density at radius 3 is 2.64 bits per heavy atom. The summed E-state index contributed by atoms with van der Waals surface area (Å²) in [6.07, 6.45) is 0. The van der Waals surface area contributed by atoms with E-state index in [0.29, 0.717) is 18.3 Å². The van der Waals surface area contributed by atoms with E-state index in [1.807, 2.05) is 36.6 Å². The summed E-state index contributed by atoms with van der Waals surface area (Å²) in [5, 5.41) is 2.74. The standard InChI is InChI=1S/C17H18N2O2S/c1-4-21-12-7-5-11(6-8-12)15-18-16(20)14-13(10(2)3)9-22-17(14)19-15/h5-10H,4H2,1-3H3,(H,18,19,20). The highest BCUT2D eigenvalue weighted by Crippen LogP contribution is 2.29. The van der Waals surface area contributed by atoms with E-state index < -0.39 is 0 Å². The summed E-state index contributed by atoms with van der Waals surface area (Å²) in [5.74, 6) is 1.72. The fourth-order valence-corrected chi connectivity index (χ4v) is 3.51. The van der Waals surface area contributed by atoms with Crippen molar-refractivity contribution in [3.8, 4) is 17.1 Å². The third kappa shape index (κ3) is 2.64. The maximum Gasteiger partial charge on any atom is 0.260 e. The first-order chi connectivity index (χ1) is 10.6. The summed E-state index contributed by atoms with van der Waals surface area (Å²) in [6.45, 7) is 6.75. The minimum absolute atomic E-state index is 0.0705. The Kier molecular flexibility index (Phi) is 3.98. The molecular formula is C17H18N2O2S. The topological polar surface area (TPSA) is 55.0 Å². The predicted molar refractivity (Wildman–Crippen MR) is 90.9 cm³/mol. The maximum absolute atomic E-state index is 12.4. The lowest BCUT2D eigenvalue weighted by molar-refractivity contribution is 0.340. The molecule has 2 aromatic heterocycles. The molecule has 114 valence electrons. The minimum Gasteiger partial charge on any atom is -0.494 e. The number of hydrogen-bond acceptors (Lipinski definition) is 4. The van der Waals surface area contributed by atoms with Crippen LogP contribution in [-0.2, 0) is 0 Å². The maximum atomic E-state index is 12.4. The van der Waals surface area contributed by atoms with Crippen molar-refractivity contribution in [1.29, 1.82) is 0 Å². The van der Waals surface area contributed by atoms with Gasteiger partial charge in [0, 0.05) is 5.56 Å². The monoisotopic (exact) mass is 314 g/mol. The molecule has 0 aliphatic rings. The van der Waals surface area contributed by atoms with Crippen molar-refractivity contribution in [3.63, 3.8) is 0 Å². The van der Waals surface area contributed by atoms with Gasteiger partial charge in [0.05, 0.1) is 12.0 Å². The van der Waals surface area contributed by atoms with Gasteiger partial charge in [-0.25, -0.2) is 4.98 Å². The highest BCUT2D eigenvalue weighted by Gasteiger charge is 2.14. The van der Waals surface area contributed by atoms with Gasteiger partial charge in [-0.05, 0) is 48.1 Å². The van der Waals surface area contributed by atoms with Crippen LogP contribution in [0.15, 0.2) is 34.4 Å². The Hall–Kier alpha value is -2.14. The molecule has 0 saturated heterocycles. The smallest absolute Gasteiger partial charge is 0.260 e. The zero-order valence-electron chi connectivity index (χ0n) is 12.8. The number of benzene rings is 1. The molecule has 1 aromatic carbocycles. The number of nitrogens with zero attached hydrogens (tertiary/aromatic N) is 1. The van der Waals surface area contributed by atoms with E-state index in [2.05, 4.69) is 23.8 Å². The Morgan fingerprint density at radius 1 is 1.27 bits per heavy atom. The number of aromatic nitrogens is 2. The molecule has 2 heterocycles. The quantitative estimate of drug-likeness (QED) is 0.786. The fraction of sp³-hybridized carbons (Fsp3) is 0.294. The predicted octanol–water partition coefficient (Wildman–Crippen LogP) is 4.17. The number of ether oxygens (including phenoxy) is 1. The van der Waals surface area contributed by atoms with E-state index in [0.717, 1.165) is 27.1 Å². The summed E-state index contributed by atoms with van der Waals surface area (Å²) < 4.78 is 5.43. The van der Waals surface area contributed by atoms with Crippen LogP contribution in [0.2, 0.25) is 0 Å². The molecule has 0 atom stereocenters. The first-order valence-electron chi connectivity index (χ1n) is 7.34. The van der Waals surface area contributed by atoms with Gasteiger partial charge < -0.3 is 9.72 Å². The van der Waals surface area contributed by atoms with E-state index in [4.69, 9.17) is 4.74 Å². The average molecular weight is 314 g/mol. The number of aromatic amines is 1. The van der Waals surface area contributed by atoms with Gasteiger partial charge in [0.2, 0.25) is 0 Å². The van der Waals surface area contributed by atoms with Crippen LogP contribution in [0.3, 0.4) is 0 Å². The Labute approximate surface area is 132 Å². The van der Waals surface area contributed by atoms with Crippen LogP contribution in [0.4, 0.5) is 0 Å². The van der Waals surface area contributed by atoms with Crippen LogP contribution in [0, 0.1) is 0 Å². The van der Waals surface area contributed by atoms with Gasteiger partial charge in [0.15, 0.2) is 0 Å². The summed E-state index contributed by atoms with van der Waals surface area (Å²) >= 11 is 1.52. The lowest BCUT2D eigenvalue weighted by Gasteiger charge is -2.06. The van der Waals surface area contributed by atoms with E-state index in [9.17, 15) is 4.79 Å². The first kappa shape index (κ1) is 14.8. The number of thiophene rings is 1. The van der Waals surface area contributed by atoms with Crippen LogP contribution in [0.1, 0.15) is 32.3 Å². The zero-order valence-corrected chi connectivity index (χ0v) is 13.7. The van der Waals surface area contributed by atoms with Gasteiger partial charge >= 0.3 is 0 Å². The molecule has 0 aliphatic carbocycles. The van der Waals surface area contributed by atoms with Gasteiger partial charge in [-0.2, -0.15) is 0 Å². The lowest BCUT2D eigenvalue weighted by Crippen LogP contribution is -2.10. The highest BCUT2D eigenvalue weighted by molar-refractivity contribution is 7.16. The zero-order chi connectivity index (χ0) is 15.7. The summed E-state index contributed by atoms with van der Waals surface area (Å²) in [7, 11) is 0. The summed E-state index contributed by atoms with van der Waals surface area (Å²) in [4.78, 5) is 20.7. The van der Waals surface area contributed by atoms with Gasteiger partial charge in [-0.1, -0.05) is 13.8 Å². The van der Waals surface area contributed by atoms with Crippen LogP contribution in [0.5, 0.6) is 5.75 Å². The molecule has 0 saturated carbocycles. The number of rotatable bonds is 4. The summed E-state index contributed by atoms with van der Waals surface area (Å²) in [6, 6.07) is 7.59. The lowest BCUT2D eigenvalue weighted by atomic mass is 10.0. The molecule has 1 N–H and O–H groups in total. The van der Waals surface area contributed by atoms with Crippen LogP contribution in [-0.4, -0.2) is 16.6 Å². The van der Waals surface area contributed by atoms with Crippen molar-refractivity contribution in [2.24, 2.45) is 0 Å². The Morgan fingerprint density at radius 2 is 2.00 bits per heavy atom. The van der Waals surface area contributed by atoms with E-state index in [1.165, 1.54) is 11.3 Å². The van der Waals surface area contributed by atoms with E-state index in [-0.39, 0.29) is 5.56 Å². The number of H-pyrrole nitrogens is 1. The van der Waals surface area contributed by atoms with Crippen LogP contribution >= 0.6 is 11.3 Å². The second-order valence-electron chi connectivity index (χ2n) is 5.40. The molecule has 3 rings (SSSR count). The number of hydrogen-bond donors (Lipinski definition) is 1. The van der Waals surface area contributed by atoms with Gasteiger partial charge in [0.25, 0.3) is 5.56 Å². The van der Waals surface area contributed by atoms with Crippen molar-refractivity contribution >= 4 is 21.6 Å². The molecule has 0 aliphatic heterocycles. The molecule has 0 amide bonds. The summed E-state index contributed by atoms with van der Waals surface area (Å²) in [5.41, 5.74) is 1.87. The second-order valence-corrected chi connectivity index (χ2v) is 6.26. The Balaban J connectivity index is 2.07. The molecule has 5 heteroatoms. The SMILES string of the molecule is CCOc1ccc(-c2nc3scc(C(C)C)c3c(=O)[nH]2)cc1. The molecular weight excluding hydrogens is 296 g/mol. The van der Waals surface area contributed by atoms with E-state index in [1.54, 1.807) is 0 Å². The second kappa shape index (κ2) is 5.93. The number of nitrogens with one attached hydrogen (secondary N) is 1. The van der Waals surface area contributed by atoms with Crippen molar-refractivity contribution < 1.29 is 4.74 Å². The average Bonchev–Trinajstić information content (AvgIpc) is 2.93. The molecule has 0 bridgehead atoms. The molecule has 0 unspecified atom stereocenters. The molecule has 4 nitrogen and oxygen atoms in total. The minimum atomic E-state index is -0.0705. The third-order valence-electron chi connectivity index (χ3n) is 3.53. The van der Waals surface area contributed by atoms with Crippen LogP contribution < -0.4 is 10.3 Å². The Bertz CT molecular complexity index is 847. The van der Waals surface area contributed by atoms with Crippen molar-refractivity contribution in [1.82, 2.24) is 9.97 Å². The third-order valence-corrected chi connectivity index (χ3v) is 4.42. The molecule has 0 spiro atoms. The van der Waals surface area contributed by atoms with Crippen molar-refractivity contribution in [3.05, 3.63) is 45.6 Å². The largest absolute Gasteiger partial charge is 0.494 e. The van der Waals surface area contributed by atoms with Crippen molar-refractivity contribution in [2.45, 2.75) is 26.7 Å². The van der Waals surface area contributed by atoms with Crippen LogP contribution in [0.25, 0.3) is 21.6 Å². The molecule has 0 fully saturated rings. The van der Waals surface area contributed by atoms with Gasteiger partial charge in [0.1, 0.15) is 16.4 Å². The van der Waals surface area contributed by atoms with Crippen molar-refractivity contribution in [2.75, 3.05) is 6.61 Å². The normalized spacial score (nSPS) is 11.3. The molecule has 0 radical (unpaired) electrons. The first-order valence-corrected chi connectivity index (χ1v) is 8.22.